The van der Waals surface area contributed by atoms with Gasteiger partial charge in [0.25, 0.3) is 0 Å². The van der Waals surface area contributed by atoms with Crippen LogP contribution >= 0.6 is 0 Å². The standard InChI is InChI=1S/C12H13F3N4O/c1-2-19-11(17-7-18-19)6-20-10-4-3-8(5-9(10)16)12(13,14)15/h3-5,7H,2,6,16H2,1H3. The summed E-state index contributed by atoms with van der Waals surface area (Å²) >= 11 is 0. The highest BCUT2D eigenvalue weighted by atomic mass is 19.4. The van der Waals surface area contributed by atoms with Gasteiger partial charge in [0.2, 0.25) is 0 Å². The quantitative estimate of drug-likeness (QED) is 0.877. The van der Waals surface area contributed by atoms with Crippen molar-refractivity contribution < 1.29 is 17.9 Å². The van der Waals surface area contributed by atoms with Gasteiger partial charge in [-0.15, -0.1) is 0 Å². The van der Waals surface area contributed by atoms with Gasteiger partial charge in [-0.1, -0.05) is 0 Å². The molecule has 2 rings (SSSR count). The fraction of sp³-hybridized carbons (Fsp3) is 0.333. The topological polar surface area (TPSA) is 66.0 Å². The van der Waals surface area contributed by atoms with Crippen LogP contribution in [0.15, 0.2) is 24.5 Å². The van der Waals surface area contributed by atoms with Gasteiger partial charge < -0.3 is 10.5 Å². The second-order valence-electron chi connectivity index (χ2n) is 4.03. The summed E-state index contributed by atoms with van der Waals surface area (Å²) in [4.78, 5) is 3.99. The van der Waals surface area contributed by atoms with Crippen molar-refractivity contribution >= 4 is 5.69 Å². The molecule has 0 saturated heterocycles. The number of anilines is 1. The van der Waals surface area contributed by atoms with Crippen LogP contribution in [-0.4, -0.2) is 14.8 Å². The normalized spacial score (nSPS) is 11.6. The van der Waals surface area contributed by atoms with Crippen molar-refractivity contribution in [1.29, 1.82) is 0 Å². The van der Waals surface area contributed by atoms with Crippen molar-refractivity contribution in [2.45, 2.75) is 26.3 Å². The Labute approximate surface area is 113 Å². The zero-order valence-electron chi connectivity index (χ0n) is 10.7. The molecule has 0 saturated carbocycles. The van der Waals surface area contributed by atoms with E-state index < -0.39 is 11.7 Å². The molecule has 0 aliphatic rings. The lowest BCUT2D eigenvalue weighted by atomic mass is 10.2. The second-order valence-corrected chi connectivity index (χ2v) is 4.03. The van der Waals surface area contributed by atoms with Crippen LogP contribution in [-0.2, 0) is 19.3 Å². The Bertz CT molecular complexity index is 595. The number of nitrogens with two attached hydrogens (primary N) is 1. The maximum atomic E-state index is 12.5. The number of hydrogen-bond acceptors (Lipinski definition) is 4. The number of alkyl halides is 3. The Kier molecular flexibility index (Phi) is 3.82. The van der Waals surface area contributed by atoms with Gasteiger partial charge in [0, 0.05) is 6.54 Å². The molecule has 2 N–H and O–H groups in total. The second kappa shape index (κ2) is 5.40. The smallest absolute Gasteiger partial charge is 0.416 e. The van der Waals surface area contributed by atoms with E-state index in [1.165, 1.54) is 12.4 Å². The highest BCUT2D eigenvalue weighted by molar-refractivity contribution is 5.54. The van der Waals surface area contributed by atoms with Crippen LogP contribution in [0.2, 0.25) is 0 Å². The molecule has 0 radical (unpaired) electrons. The third-order valence-corrected chi connectivity index (χ3v) is 2.69. The molecule has 1 aromatic carbocycles. The van der Waals surface area contributed by atoms with E-state index in [-0.39, 0.29) is 18.0 Å². The maximum Gasteiger partial charge on any atom is 0.416 e. The lowest BCUT2D eigenvalue weighted by Gasteiger charge is -2.12. The number of ether oxygens (including phenoxy) is 1. The van der Waals surface area contributed by atoms with E-state index in [1.54, 1.807) is 4.68 Å². The molecule has 8 heteroatoms. The minimum atomic E-state index is -4.42. The highest BCUT2D eigenvalue weighted by Gasteiger charge is 2.30. The zero-order chi connectivity index (χ0) is 14.8. The molecular weight excluding hydrogens is 273 g/mol. The zero-order valence-corrected chi connectivity index (χ0v) is 10.7. The van der Waals surface area contributed by atoms with Crippen molar-refractivity contribution in [2.75, 3.05) is 5.73 Å². The van der Waals surface area contributed by atoms with Gasteiger partial charge in [0.05, 0.1) is 11.3 Å². The minimum absolute atomic E-state index is 0.0672. The first-order chi connectivity index (χ1) is 9.41. The number of nitrogens with zero attached hydrogens (tertiary/aromatic N) is 3. The Hall–Kier alpha value is -2.25. The molecule has 0 amide bonds. The Morgan fingerprint density at radius 1 is 1.35 bits per heavy atom. The summed E-state index contributed by atoms with van der Waals surface area (Å²) in [5, 5.41) is 3.96. The van der Waals surface area contributed by atoms with Gasteiger partial charge in [-0.05, 0) is 25.1 Å². The molecule has 5 nitrogen and oxygen atoms in total. The molecule has 1 heterocycles. The van der Waals surface area contributed by atoms with Crippen molar-refractivity contribution in [3.63, 3.8) is 0 Å². The predicted molar refractivity (Wildman–Crippen MR) is 65.9 cm³/mol. The molecule has 1 aromatic heterocycles. The SMILES string of the molecule is CCn1ncnc1COc1ccc(C(F)(F)F)cc1N. The molecule has 0 aliphatic heterocycles. The first kappa shape index (κ1) is 14.2. The summed E-state index contributed by atoms with van der Waals surface area (Å²) in [5.74, 6) is 0.760. The summed E-state index contributed by atoms with van der Waals surface area (Å²) in [6.07, 6.45) is -3.03. The van der Waals surface area contributed by atoms with Crippen LogP contribution < -0.4 is 10.5 Å². The van der Waals surface area contributed by atoms with E-state index in [2.05, 4.69) is 10.1 Å². The Balaban J connectivity index is 2.11. The fourth-order valence-electron chi connectivity index (χ4n) is 1.66. The lowest BCUT2D eigenvalue weighted by Crippen LogP contribution is -2.09. The van der Waals surface area contributed by atoms with Gasteiger partial charge in [-0.3, -0.25) is 0 Å². The van der Waals surface area contributed by atoms with Crippen LogP contribution in [0.1, 0.15) is 18.3 Å². The van der Waals surface area contributed by atoms with Crippen LogP contribution in [0.4, 0.5) is 18.9 Å². The van der Waals surface area contributed by atoms with Gasteiger partial charge in [0.1, 0.15) is 18.7 Å². The summed E-state index contributed by atoms with van der Waals surface area (Å²) in [6, 6.07) is 2.97. The number of halogens is 3. The number of nitrogen functional groups attached to an aromatic ring is 1. The molecule has 0 bridgehead atoms. The van der Waals surface area contributed by atoms with E-state index in [1.807, 2.05) is 6.92 Å². The lowest BCUT2D eigenvalue weighted by molar-refractivity contribution is -0.137. The summed E-state index contributed by atoms with van der Waals surface area (Å²) in [7, 11) is 0. The number of aromatic nitrogens is 3. The summed E-state index contributed by atoms with van der Waals surface area (Å²) in [5.41, 5.74) is 4.69. The van der Waals surface area contributed by atoms with Crippen molar-refractivity contribution in [1.82, 2.24) is 14.8 Å². The Morgan fingerprint density at radius 2 is 2.10 bits per heavy atom. The van der Waals surface area contributed by atoms with Crippen LogP contribution in [0, 0.1) is 0 Å². The third kappa shape index (κ3) is 3.01. The molecule has 20 heavy (non-hydrogen) atoms. The van der Waals surface area contributed by atoms with Crippen molar-refractivity contribution in [3.8, 4) is 5.75 Å². The predicted octanol–water partition coefficient (Wildman–Crippen LogP) is 2.48. The van der Waals surface area contributed by atoms with E-state index >= 15 is 0 Å². The van der Waals surface area contributed by atoms with Gasteiger partial charge in [-0.25, -0.2) is 9.67 Å². The largest absolute Gasteiger partial charge is 0.483 e. The van der Waals surface area contributed by atoms with E-state index in [0.717, 1.165) is 12.1 Å². The monoisotopic (exact) mass is 286 g/mol. The molecule has 0 unspecified atom stereocenters. The van der Waals surface area contributed by atoms with Crippen LogP contribution in [0.3, 0.4) is 0 Å². The summed E-state index contributed by atoms with van der Waals surface area (Å²) in [6.45, 7) is 2.61. The Morgan fingerprint density at radius 3 is 2.70 bits per heavy atom. The van der Waals surface area contributed by atoms with E-state index in [0.29, 0.717) is 12.4 Å². The van der Waals surface area contributed by atoms with Crippen molar-refractivity contribution in [2.24, 2.45) is 0 Å². The number of benzene rings is 1. The van der Waals surface area contributed by atoms with E-state index in [9.17, 15) is 13.2 Å². The maximum absolute atomic E-state index is 12.5. The average molecular weight is 286 g/mol. The molecule has 0 fully saturated rings. The van der Waals surface area contributed by atoms with E-state index in [4.69, 9.17) is 10.5 Å². The number of hydrogen-bond donors (Lipinski definition) is 1. The minimum Gasteiger partial charge on any atom is -0.483 e. The third-order valence-electron chi connectivity index (χ3n) is 2.69. The molecule has 108 valence electrons. The fourth-order valence-corrected chi connectivity index (χ4v) is 1.66. The number of rotatable bonds is 4. The van der Waals surface area contributed by atoms with Crippen LogP contribution in [0.25, 0.3) is 0 Å². The molecule has 0 aliphatic carbocycles. The van der Waals surface area contributed by atoms with Crippen LogP contribution in [0.5, 0.6) is 5.75 Å². The molecule has 2 aromatic rings. The highest BCUT2D eigenvalue weighted by Crippen LogP contribution is 2.33. The molecular formula is C12H13F3N4O. The molecule has 0 atom stereocenters. The van der Waals surface area contributed by atoms with Gasteiger partial charge in [0.15, 0.2) is 5.82 Å². The summed E-state index contributed by atoms with van der Waals surface area (Å²) < 4.78 is 44.5. The van der Waals surface area contributed by atoms with Gasteiger partial charge in [-0.2, -0.15) is 18.3 Å². The first-order valence-electron chi connectivity index (χ1n) is 5.88. The first-order valence-corrected chi connectivity index (χ1v) is 5.88. The van der Waals surface area contributed by atoms with Gasteiger partial charge >= 0.3 is 6.18 Å². The average Bonchev–Trinajstić information content (AvgIpc) is 2.83. The van der Waals surface area contributed by atoms with Crippen molar-refractivity contribution in [3.05, 3.63) is 35.9 Å². The number of aryl methyl sites for hydroxylation is 1. The molecule has 0 spiro atoms.